The largest absolute Gasteiger partial charge is 0.394 e. The molecule has 1 saturated heterocycles. The molecule has 0 spiro atoms. The van der Waals surface area contributed by atoms with Crippen LogP contribution >= 0.6 is 0 Å². The summed E-state index contributed by atoms with van der Waals surface area (Å²) in [6.07, 6.45) is 72.5. The van der Waals surface area contributed by atoms with Crippen molar-refractivity contribution in [3.05, 3.63) is 36.5 Å². The summed E-state index contributed by atoms with van der Waals surface area (Å²) in [7, 11) is 0. The van der Waals surface area contributed by atoms with Crippen LogP contribution in [0.4, 0.5) is 0 Å². The molecule has 1 aliphatic heterocycles. The second-order valence-electron chi connectivity index (χ2n) is 26.7. The molecule has 87 heavy (non-hydrogen) atoms. The molecule has 1 fully saturated rings. The van der Waals surface area contributed by atoms with Crippen LogP contribution in [0.3, 0.4) is 0 Å². The van der Waals surface area contributed by atoms with Crippen LogP contribution in [0.5, 0.6) is 0 Å². The first-order chi connectivity index (χ1) is 42.7. The summed E-state index contributed by atoms with van der Waals surface area (Å²) in [5, 5.41) is 76.6. The third-order valence-electron chi connectivity index (χ3n) is 18.4. The number of carbonyl (C=O) groups excluding carboxylic acids is 1. The maximum absolute atomic E-state index is 13.3. The average molecular weight is 1230 g/mol. The van der Waals surface area contributed by atoms with Gasteiger partial charge in [-0.15, -0.1) is 0 Å². The van der Waals surface area contributed by atoms with Gasteiger partial charge in [-0.2, -0.15) is 0 Å². The summed E-state index contributed by atoms with van der Waals surface area (Å²) in [5.41, 5.74) is 0. The van der Waals surface area contributed by atoms with Gasteiger partial charge < -0.3 is 50.5 Å². The number of carbonyl (C=O) groups is 1. The van der Waals surface area contributed by atoms with Gasteiger partial charge in [-0.1, -0.05) is 346 Å². The number of aliphatic hydroxyl groups is 7. The van der Waals surface area contributed by atoms with Crippen LogP contribution in [0.2, 0.25) is 0 Å². The molecule has 1 aliphatic rings. The first-order valence-electron chi connectivity index (χ1n) is 37.9. The van der Waals surface area contributed by atoms with E-state index in [1.807, 2.05) is 0 Å². The summed E-state index contributed by atoms with van der Waals surface area (Å²) in [6, 6.07) is -1.20. The lowest BCUT2D eigenvalue weighted by Crippen LogP contribution is -2.60. The smallest absolute Gasteiger partial charge is 0.249 e. The predicted molar refractivity (Wildman–Crippen MR) is 367 cm³/mol. The van der Waals surface area contributed by atoms with E-state index in [0.29, 0.717) is 19.3 Å². The quantitative estimate of drug-likeness (QED) is 0.0215. The Morgan fingerprint density at radius 3 is 1.02 bits per heavy atom. The van der Waals surface area contributed by atoms with E-state index in [2.05, 4.69) is 55.6 Å². The van der Waals surface area contributed by atoms with Crippen molar-refractivity contribution in [3.63, 3.8) is 0 Å². The Bertz CT molecular complexity index is 1510. The molecule has 8 N–H and O–H groups in total. The first-order valence-corrected chi connectivity index (χ1v) is 37.9. The number of unbranched alkanes of at least 4 members (excludes halogenated alkanes) is 49. The maximum Gasteiger partial charge on any atom is 0.249 e. The molecule has 9 unspecified atom stereocenters. The van der Waals surface area contributed by atoms with Crippen molar-refractivity contribution in [2.75, 3.05) is 13.2 Å². The van der Waals surface area contributed by atoms with Crippen molar-refractivity contribution in [2.24, 2.45) is 0 Å². The fourth-order valence-corrected chi connectivity index (χ4v) is 12.4. The fourth-order valence-electron chi connectivity index (χ4n) is 12.4. The summed E-state index contributed by atoms with van der Waals surface area (Å²) >= 11 is 0. The third-order valence-corrected chi connectivity index (χ3v) is 18.4. The number of rotatable bonds is 67. The van der Waals surface area contributed by atoms with Crippen LogP contribution in [-0.4, -0.2) is 110 Å². The second-order valence-corrected chi connectivity index (χ2v) is 26.7. The molecule has 11 nitrogen and oxygen atoms in total. The van der Waals surface area contributed by atoms with Gasteiger partial charge in [0, 0.05) is 0 Å². The highest BCUT2D eigenvalue weighted by molar-refractivity contribution is 5.80. The van der Waals surface area contributed by atoms with E-state index >= 15 is 0 Å². The van der Waals surface area contributed by atoms with Crippen molar-refractivity contribution in [3.8, 4) is 0 Å². The van der Waals surface area contributed by atoms with Gasteiger partial charge in [-0.05, 0) is 64.2 Å². The van der Waals surface area contributed by atoms with Crippen molar-refractivity contribution in [1.29, 1.82) is 0 Å². The number of hydrogen-bond donors (Lipinski definition) is 8. The zero-order chi connectivity index (χ0) is 63.1. The molecule has 0 aromatic rings. The predicted octanol–water partition coefficient (Wildman–Crippen LogP) is 18.9. The number of hydrogen-bond acceptors (Lipinski definition) is 10. The monoisotopic (exact) mass is 1230 g/mol. The molecule has 1 amide bonds. The summed E-state index contributed by atoms with van der Waals surface area (Å²) in [5.74, 6) is -0.705. The standard InChI is InChI=1S/C76H145NO10/c1-3-5-7-9-11-13-15-17-19-21-23-25-27-29-31-33-34-36-37-39-41-43-45-47-49-51-53-55-57-59-61-63-68(79)71(81)67(66-86-76-74(84)73(83)72(82)70(65-78)87-76)77-75(85)69(80)64-62-60-58-56-54-52-50-48-46-44-42-40-38-35-32-30-28-26-24-22-20-18-16-14-12-10-8-6-4-2/h39,41,47,49,55,57,67-74,76,78-84H,3-38,40,42-46,48,50-54,56,58-66H2,1-2H3,(H,77,85)/b41-39+,49-47+,57-55+. The highest BCUT2D eigenvalue weighted by Crippen LogP contribution is 2.24. The van der Waals surface area contributed by atoms with E-state index in [1.54, 1.807) is 0 Å². The van der Waals surface area contributed by atoms with Gasteiger partial charge in [0.1, 0.15) is 36.6 Å². The topological polar surface area (TPSA) is 189 Å². The van der Waals surface area contributed by atoms with Crippen LogP contribution in [-0.2, 0) is 14.3 Å². The van der Waals surface area contributed by atoms with Gasteiger partial charge in [0.2, 0.25) is 5.91 Å². The SMILES string of the molecule is CCCCCCCCCCCCCCCCCCCC/C=C/CC/C=C/CC/C=C/CCCC(O)C(O)C(COC1OC(CO)C(O)C(O)C1O)NC(=O)C(O)CCCCCCCCCCCCCCCCCCCCCCCCCCCCCCC. The molecule has 0 bridgehead atoms. The number of amides is 1. The van der Waals surface area contributed by atoms with Gasteiger partial charge in [-0.3, -0.25) is 4.79 Å². The van der Waals surface area contributed by atoms with Gasteiger partial charge in [0.25, 0.3) is 0 Å². The molecule has 0 aromatic heterocycles. The molecule has 0 aliphatic carbocycles. The highest BCUT2D eigenvalue weighted by Gasteiger charge is 2.44. The molecule has 1 heterocycles. The molecule has 9 atom stereocenters. The van der Waals surface area contributed by atoms with E-state index < -0.39 is 74.2 Å². The van der Waals surface area contributed by atoms with Gasteiger partial charge in [0.15, 0.2) is 6.29 Å². The molecule has 0 saturated carbocycles. The lowest BCUT2D eigenvalue weighted by Gasteiger charge is -2.40. The van der Waals surface area contributed by atoms with E-state index in [0.717, 1.165) is 44.9 Å². The Balaban J connectivity index is 2.20. The van der Waals surface area contributed by atoms with E-state index in [4.69, 9.17) is 9.47 Å². The Hall–Kier alpha value is -1.67. The minimum atomic E-state index is -1.67. The van der Waals surface area contributed by atoms with Crippen LogP contribution in [0.25, 0.3) is 0 Å². The lowest BCUT2D eigenvalue weighted by molar-refractivity contribution is -0.303. The summed E-state index contributed by atoms with van der Waals surface area (Å²) in [4.78, 5) is 13.3. The molecular weight excluding hydrogens is 1090 g/mol. The zero-order valence-corrected chi connectivity index (χ0v) is 57.0. The third kappa shape index (κ3) is 51.5. The Morgan fingerprint density at radius 1 is 0.391 bits per heavy atom. The average Bonchev–Trinajstić information content (AvgIpc) is 1.97. The molecule has 514 valence electrons. The van der Waals surface area contributed by atoms with Crippen molar-refractivity contribution < 1.29 is 50.0 Å². The lowest BCUT2D eigenvalue weighted by atomic mass is 9.98. The number of nitrogens with one attached hydrogen (secondary N) is 1. The van der Waals surface area contributed by atoms with Gasteiger partial charge >= 0.3 is 0 Å². The van der Waals surface area contributed by atoms with Gasteiger partial charge in [0.05, 0.1) is 25.4 Å². The Kier molecular flexibility index (Phi) is 61.7. The number of aliphatic hydroxyl groups excluding tert-OH is 7. The van der Waals surface area contributed by atoms with E-state index in [1.165, 1.54) is 283 Å². The highest BCUT2D eigenvalue weighted by atomic mass is 16.7. The Morgan fingerprint density at radius 2 is 0.690 bits per heavy atom. The molecule has 11 heteroatoms. The fraction of sp³-hybridized carbons (Fsp3) is 0.908. The van der Waals surface area contributed by atoms with E-state index in [-0.39, 0.29) is 12.8 Å². The van der Waals surface area contributed by atoms with Crippen LogP contribution < -0.4 is 5.32 Å². The minimum Gasteiger partial charge on any atom is -0.394 e. The Labute approximate surface area is 537 Å². The van der Waals surface area contributed by atoms with Crippen LogP contribution in [0.15, 0.2) is 36.5 Å². The van der Waals surface area contributed by atoms with Crippen molar-refractivity contribution >= 4 is 5.91 Å². The molecule has 0 radical (unpaired) electrons. The number of ether oxygens (including phenoxy) is 2. The zero-order valence-electron chi connectivity index (χ0n) is 57.0. The maximum atomic E-state index is 13.3. The first kappa shape index (κ1) is 83.3. The molecule has 0 aromatic carbocycles. The normalized spacial score (nSPS) is 18.8. The van der Waals surface area contributed by atoms with Crippen molar-refractivity contribution in [1.82, 2.24) is 5.32 Å². The molecule has 1 rings (SSSR count). The summed E-state index contributed by atoms with van der Waals surface area (Å²) in [6.45, 7) is 3.50. The van der Waals surface area contributed by atoms with E-state index in [9.17, 15) is 40.5 Å². The minimum absolute atomic E-state index is 0.243. The van der Waals surface area contributed by atoms with Crippen LogP contribution in [0.1, 0.15) is 373 Å². The van der Waals surface area contributed by atoms with Crippen LogP contribution in [0, 0.1) is 0 Å². The second kappa shape index (κ2) is 64.4. The van der Waals surface area contributed by atoms with Crippen molar-refractivity contribution in [2.45, 2.75) is 428 Å². The van der Waals surface area contributed by atoms with Gasteiger partial charge in [-0.25, -0.2) is 0 Å². The molecular formula is C76H145NO10. The number of allylic oxidation sites excluding steroid dienone is 6. The summed E-state index contributed by atoms with van der Waals surface area (Å²) < 4.78 is 11.2.